The Balaban J connectivity index is 1.71. The van der Waals surface area contributed by atoms with Crippen molar-refractivity contribution < 1.29 is 4.58 Å². The molecule has 1 aliphatic heterocycles. The zero-order valence-corrected chi connectivity index (χ0v) is 12.8. The molecule has 0 bridgehead atoms. The molecule has 1 heterocycles. The van der Waals surface area contributed by atoms with Crippen LogP contribution >= 0.6 is 0 Å². The van der Waals surface area contributed by atoms with Crippen molar-refractivity contribution in [2.24, 2.45) is 5.10 Å². The molecule has 1 aliphatic rings. The van der Waals surface area contributed by atoms with Crippen molar-refractivity contribution in [1.82, 2.24) is 10.7 Å². The van der Waals surface area contributed by atoms with Crippen LogP contribution in [0.2, 0.25) is 0 Å². The molecule has 3 rings (SSSR count). The van der Waals surface area contributed by atoms with Crippen molar-refractivity contribution in [1.29, 1.82) is 0 Å². The fraction of sp³-hybridized carbons (Fsp3) is 0.222. The number of nitrogens with one attached hydrogen (secondary N) is 2. The first kappa shape index (κ1) is 14.3. The minimum absolute atomic E-state index is 0.885. The Morgan fingerprint density at radius 1 is 1.09 bits per heavy atom. The van der Waals surface area contributed by atoms with E-state index in [0.29, 0.717) is 0 Å². The number of benzene rings is 2. The van der Waals surface area contributed by atoms with Crippen molar-refractivity contribution in [2.75, 3.05) is 13.1 Å². The van der Waals surface area contributed by atoms with Crippen LogP contribution in [0.25, 0.3) is 0 Å². The number of rotatable bonds is 4. The average Bonchev–Trinajstić information content (AvgIpc) is 3.01. The first-order chi connectivity index (χ1) is 10.8. The number of hydrogen-bond donors (Lipinski definition) is 2. The fourth-order valence-electron chi connectivity index (χ4n) is 2.49. The molecule has 0 saturated heterocycles. The summed E-state index contributed by atoms with van der Waals surface area (Å²) in [4.78, 5) is 0. The molecule has 0 fully saturated rings. The number of guanidine groups is 1. The summed E-state index contributed by atoms with van der Waals surface area (Å²) >= 11 is 0. The molecule has 2 aromatic rings. The lowest BCUT2D eigenvalue weighted by Gasteiger charge is -2.05. The molecule has 0 atom stereocenters. The smallest absolute Gasteiger partial charge is 0.273 e. The molecule has 2 aromatic carbocycles. The second-order valence-corrected chi connectivity index (χ2v) is 5.36. The summed E-state index contributed by atoms with van der Waals surface area (Å²) < 4.78 is 2.27. The van der Waals surface area contributed by atoms with Gasteiger partial charge in [0.1, 0.15) is 0 Å². The number of hydrogen-bond acceptors (Lipinski definition) is 3. The summed E-state index contributed by atoms with van der Waals surface area (Å²) in [6.07, 6.45) is 0. The molecular weight excluding hydrogens is 272 g/mol. The standard InChI is InChI=1S/C18H20N4/c1-15(17-10-6-3-7-11-17)20-21-18-19-12-13-22(18)14-16-8-4-2-5-9-16/h2-11H,12-14H2,1H3,(H,19,21)/p+1. The van der Waals surface area contributed by atoms with Gasteiger partial charge in [0.15, 0.2) is 0 Å². The van der Waals surface area contributed by atoms with Gasteiger partial charge in [0.25, 0.3) is 0 Å². The minimum Gasteiger partial charge on any atom is -0.273 e. The number of nitrogens with zero attached hydrogens (tertiary/aromatic N) is 2. The first-order valence-corrected chi connectivity index (χ1v) is 7.58. The molecule has 112 valence electrons. The van der Waals surface area contributed by atoms with E-state index in [2.05, 4.69) is 56.8 Å². The second kappa shape index (κ2) is 6.89. The molecular formula is C18H21N4+. The summed E-state index contributed by atoms with van der Waals surface area (Å²) in [7, 11) is 0. The summed E-state index contributed by atoms with van der Waals surface area (Å²) in [5.41, 5.74) is 6.57. The highest BCUT2D eigenvalue weighted by molar-refractivity contribution is 5.99. The van der Waals surface area contributed by atoms with Gasteiger partial charge in [-0.1, -0.05) is 60.7 Å². The van der Waals surface area contributed by atoms with E-state index in [0.717, 1.165) is 36.9 Å². The minimum atomic E-state index is 0.885. The van der Waals surface area contributed by atoms with E-state index in [1.807, 2.05) is 31.2 Å². The molecule has 0 aliphatic carbocycles. The van der Waals surface area contributed by atoms with Crippen LogP contribution < -0.4 is 10.7 Å². The van der Waals surface area contributed by atoms with Crippen LogP contribution in [-0.4, -0.2) is 29.3 Å². The van der Waals surface area contributed by atoms with E-state index in [4.69, 9.17) is 0 Å². The summed E-state index contributed by atoms with van der Waals surface area (Å²) in [6, 6.07) is 20.7. The topological polar surface area (TPSA) is 39.4 Å². The predicted octanol–water partition coefficient (Wildman–Crippen LogP) is 2.17. The Morgan fingerprint density at radius 2 is 1.77 bits per heavy atom. The lowest BCUT2D eigenvalue weighted by molar-refractivity contribution is -0.536. The van der Waals surface area contributed by atoms with Crippen molar-refractivity contribution in [3.05, 3.63) is 71.8 Å². The Morgan fingerprint density at radius 3 is 2.50 bits per heavy atom. The van der Waals surface area contributed by atoms with Gasteiger partial charge < -0.3 is 0 Å². The van der Waals surface area contributed by atoms with Crippen LogP contribution in [0.5, 0.6) is 0 Å². The average molecular weight is 293 g/mol. The summed E-state index contributed by atoms with van der Waals surface area (Å²) in [6.45, 7) is 4.82. The van der Waals surface area contributed by atoms with Gasteiger partial charge in [-0.3, -0.25) is 9.89 Å². The van der Waals surface area contributed by atoms with Crippen LogP contribution in [0, 0.1) is 0 Å². The van der Waals surface area contributed by atoms with Crippen LogP contribution in [0.3, 0.4) is 0 Å². The van der Waals surface area contributed by atoms with E-state index in [1.54, 1.807) is 0 Å². The van der Waals surface area contributed by atoms with Crippen LogP contribution in [-0.2, 0) is 6.54 Å². The molecule has 0 amide bonds. The second-order valence-electron chi connectivity index (χ2n) is 5.36. The van der Waals surface area contributed by atoms with Gasteiger partial charge in [0, 0.05) is 0 Å². The highest BCUT2D eigenvalue weighted by atomic mass is 15.4. The monoisotopic (exact) mass is 293 g/mol. The molecule has 4 heteroatoms. The maximum absolute atomic E-state index is 4.49. The van der Waals surface area contributed by atoms with Crippen molar-refractivity contribution >= 4 is 11.7 Å². The lowest BCUT2D eigenvalue weighted by atomic mass is 10.1. The van der Waals surface area contributed by atoms with E-state index in [9.17, 15) is 0 Å². The van der Waals surface area contributed by atoms with Gasteiger partial charge in [-0.15, -0.1) is 5.10 Å². The molecule has 22 heavy (non-hydrogen) atoms. The highest BCUT2D eigenvalue weighted by Gasteiger charge is 2.19. The van der Waals surface area contributed by atoms with Crippen LogP contribution in [0.4, 0.5) is 0 Å². The van der Waals surface area contributed by atoms with E-state index in [1.165, 1.54) is 5.56 Å². The Hall–Kier alpha value is -2.62. The Kier molecular flexibility index (Phi) is 4.49. The zero-order valence-electron chi connectivity index (χ0n) is 12.8. The van der Waals surface area contributed by atoms with Gasteiger partial charge in [-0.25, -0.2) is 0 Å². The van der Waals surface area contributed by atoms with Crippen LogP contribution in [0.1, 0.15) is 18.1 Å². The SMILES string of the molecule is CC(=NNC1=[N+](Cc2ccccc2)CCN1)c1ccccc1. The molecule has 0 saturated carbocycles. The fourth-order valence-corrected chi connectivity index (χ4v) is 2.49. The normalized spacial score (nSPS) is 14.9. The number of hydrazone groups is 1. The van der Waals surface area contributed by atoms with Crippen molar-refractivity contribution in [3.63, 3.8) is 0 Å². The third kappa shape index (κ3) is 3.52. The maximum atomic E-state index is 4.49. The van der Waals surface area contributed by atoms with E-state index < -0.39 is 0 Å². The van der Waals surface area contributed by atoms with Gasteiger partial charge in [0.2, 0.25) is 0 Å². The van der Waals surface area contributed by atoms with Crippen molar-refractivity contribution in [2.45, 2.75) is 13.5 Å². The Bertz CT molecular complexity index is 675. The van der Waals surface area contributed by atoms with Gasteiger partial charge >= 0.3 is 5.96 Å². The molecule has 4 nitrogen and oxygen atoms in total. The first-order valence-electron chi connectivity index (χ1n) is 7.58. The van der Waals surface area contributed by atoms with Crippen LogP contribution in [0.15, 0.2) is 65.8 Å². The molecule has 0 unspecified atom stereocenters. The third-order valence-corrected chi connectivity index (χ3v) is 3.73. The van der Waals surface area contributed by atoms with E-state index >= 15 is 0 Å². The lowest BCUT2D eigenvalue weighted by Crippen LogP contribution is -2.35. The predicted molar refractivity (Wildman–Crippen MR) is 90.1 cm³/mol. The van der Waals surface area contributed by atoms with E-state index in [-0.39, 0.29) is 0 Å². The zero-order chi connectivity index (χ0) is 15.2. The summed E-state index contributed by atoms with van der Waals surface area (Å²) in [5, 5.41) is 7.85. The molecule has 2 N–H and O–H groups in total. The molecule has 0 spiro atoms. The Labute approximate surface area is 131 Å². The molecule has 0 radical (unpaired) electrons. The highest BCUT2D eigenvalue weighted by Crippen LogP contribution is 2.03. The third-order valence-electron chi connectivity index (χ3n) is 3.73. The van der Waals surface area contributed by atoms with Crippen molar-refractivity contribution in [3.8, 4) is 0 Å². The largest absolute Gasteiger partial charge is 0.370 e. The summed E-state index contributed by atoms with van der Waals surface area (Å²) in [5.74, 6) is 0.971. The van der Waals surface area contributed by atoms with Gasteiger partial charge in [-0.05, 0) is 18.1 Å². The maximum Gasteiger partial charge on any atom is 0.370 e. The quantitative estimate of drug-likeness (QED) is 0.515. The molecule has 0 aromatic heterocycles. The van der Waals surface area contributed by atoms with Gasteiger partial charge in [-0.2, -0.15) is 5.43 Å². The van der Waals surface area contributed by atoms with Gasteiger partial charge in [0.05, 0.1) is 25.3 Å².